The van der Waals surface area contributed by atoms with Gasteiger partial charge in [0.1, 0.15) is 5.82 Å². The summed E-state index contributed by atoms with van der Waals surface area (Å²) in [5, 5.41) is 3.24. The molecule has 0 bridgehead atoms. The summed E-state index contributed by atoms with van der Waals surface area (Å²) in [6.07, 6.45) is 3.84. The van der Waals surface area contributed by atoms with Crippen LogP contribution < -0.4 is 5.32 Å². The molecule has 0 saturated heterocycles. The maximum atomic E-state index is 4.36. The van der Waals surface area contributed by atoms with Crippen LogP contribution in [0.2, 0.25) is 0 Å². The molecule has 0 amide bonds. The molecular formula is C10H17N3. The highest BCUT2D eigenvalue weighted by Gasteiger charge is 2.05. The van der Waals surface area contributed by atoms with Gasteiger partial charge in [-0.3, -0.25) is 0 Å². The van der Waals surface area contributed by atoms with E-state index in [2.05, 4.69) is 22.2 Å². The number of hydrogen-bond acceptors (Lipinski definition) is 3. The molecule has 3 nitrogen and oxygen atoms in total. The molecule has 0 radical (unpaired) electrons. The van der Waals surface area contributed by atoms with Gasteiger partial charge in [0.05, 0.1) is 0 Å². The second-order valence-electron chi connectivity index (χ2n) is 3.21. The van der Waals surface area contributed by atoms with Crippen LogP contribution >= 0.6 is 0 Å². The lowest BCUT2D eigenvalue weighted by molar-refractivity contribution is 0.530. The van der Waals surface area contributed by atoms with Gasteiger partial charge >= 0.3 is 0 Å². The predicted octanol–water partition coefficient (Wildman–Crippen LogP) is 1.33. The van der Waals surface area contributed by atoms with E-state index in [0.717, 1.165) is 24.4 Å². The molecule has 0 aliphatic rings. The summed E-state index contributed by atoms with van der Waals surface area (Å²) in [7, 11) is 1.98. The standard InChI is InChI=1S/C10H17N3/c1-4-9(11-3)7-10-12-6-5-8(2)13-10/h5-6,9,11H,4,7H2,1-3H3. The number of hydrogen-bond donors (Lipinski definition) is 1. The summed E-state index contributed by atoms with van der Waals surface area (Å²) in [5.74, 6) is 0.932. The third kappa shape index (κ3) is 3.11. The van der Waals surface area contributed by atoms with Gasteiger partial charge in [0.2, 0.25) is 0 Å². The Morgan fingerprint density at radius 2 is 2.31 bits per heavy atom. The molecule has 1 heterocycles. The monoisotopic (exact) mass is 179 g/mol. The van der Waals surface area contributed by atoms with Crippen LogP contribution in [0, 0.1) is 6.92 Å². The molecule has 1 atom stereocenters. The first-order chi connectivity index (χ1) is 6.26. The van der Waals surface area contributed by atoms with Crippen molar-refractivity contribution < 1.29 is 0 Å². The maximum absolute atomic E-state index is 4.36. The Labute approximate surface area is 79.6 Å². The van der Waals surface area contributed by atoms with Gasteiger partial charge in [-0.25, -0.2) is 9.97 Å². The third-order valence-corrected chi connectivity index (χ3v) is 2.17. The van der Waals surface area contributed by atoms with Crippen molar-refractivity contribution in [1.29, 1.82) is 0 Å². The Kier molecular flexibility index (Phi) is 3.83. The average Bonchev–Trinajstić information content (AvgIpc) is 2.14. The van der Waals surface area contributed by atoms with Gasteiger partial charge in [-0.2, -0.15) is 0 Å². The van der Waals surface area contributed by atoms with Crippen molar-refractivity contribution in [1.82, 2.24) is 15.3 Å². The molecule has 72 valence electrons. The molecule has 1 N–H and O–H groups in total. The Morgan fingerprint density at radius 3 is 2.85 bits per heavy atom. The van der Waals surface area contributed by atoms with E-state index in [9.17, 15) is 0 Å². The number of nitrogens with zero attached hydrogens (tertiary/aromatic N) is 2. The van der Waals surface area contributed by atoms with Crippen molar-refractivity contribution in [3.63, 3.8) is 0 Å². The van der Waals surface area contributed by atoms with Gasteiger partial charge in [0.15, 0.2) is 0 Å². The maximum Gasteiger partial charge on any atom is 0.130 e. The number of rotatable bonds is 4. The van der Waals surface area contributed by atoms with Gasteiger partial charge in [0, 0.05) is 24.4 Å². The number of aromatic nitrogens is 2. The number of nitrogens with one attached hydrogen (secondary N) is 1. The van der Waals surface area contributed by atoms with Crippen LogP contribution in [0.4, 0.5) is 0 Å². The molecule has 0 saturated carbocycles. The van der Waals surface area contributed by atoms with E-state index in [0.29, 0.717) is 6.04 Å². The number of likely N-dealkylation sites (N-methyl/N-ethyl adjacent to an activating group) is 1. The van der Waals surface area contributed by atoms with Crippen molar-refractivity contribution in [3.8, 4) is 0 Å². The van der Waals surface area contributed by atoms with E-state index in [-0.39, 0.29) is 0 Å². The van der Waals surface area contributed by atoms with Gasteiger partial charge in [-0.15, -0.1) is 0 Å². The summed E-state index contributed by atoms with van der Waals surface area (Å²) in [4.78, 5) is 8.58. The number of aryl methyl sites for hydroxylation is 1. The van der Waals surface area contributed by atoms with Crippen molar-refractivity contribution in [2.45, 2.75) is 32.7 Å². The zero-order chi connectivity index (χ0) is 9.68. The van der Waals surface area contributed by atoms with E-state index >= 15 is 0 Å². The van der Waals surface area contributed by atoms with Crippen LogP contribution in [-0.4, -0.2) is 23.1 Å². The highest BCUT2D eigenvalue weighted by atomic mass is 14.9. The van der Waals surface area contributed by atoms with Crippen molar-refractivity contribution in [3.05, 3.63) is 23.8 Å². The van der Waals surface area contributed by atoms with Crippen LogP contribution in [0.15, 0.2) is 12.3 Å². The Morgan fingerprint density at radius 1 is 1.54 bits per heavy atom. The smallest absolute Gasteiger partial charge is 0.130 e. The van der Waals surface area contributed by atoms with E-state index in [1.54, 1.807) is 0 Å². The first kappa shape index (κ1) is 10.1. The zero-order valence-electron chi connectivity index (χ0n) is 8.54. The SMILES string of the molecule is CCC(Cc1nccc(C)n1)NC. The zero-order valence-corrected chi connectivity index (χ0v) is 8.54. The molecule has 1 aromatic rings. The highest BCUT2D eigenvalue weighted by Crippen LogP contribution is 2.00. The predicted molar refractivity (Wildman–Crippen MR) is 53.6 cm³/mol. The molecule has 1 rings (SSSR count). The van der Waals surface area contributed by atoms with Crippen molar-refractivity contribution in [2.75, 3.05) is 7.05 Å². The first-order valence-electron chi connectivity index (χ1n) is 4.72. The third-order valence-electron chi connectivity index (χ3n) is 2.17. The molecule has 0 aliphatic heterocycles. The second kappa shape index (κ2) is 4.92. The Balaban J connectivity index is 2.62. The topological polar surface area (TPSA) is 37.8 Å². The second-order valence-corrected chi connectivity index (χ2v) is 3.21. The Hall–Kier alpha value is -0.960. The fraction of sp³-hybridized carbons (Fsp3) is 0.600. The van der Waals surface area contributed by atoms with E-state index in [1.807, 2.05) is 26.2 Å². The highest BCUT2D eigenvalue weighted by molar-refractivity contribution is 5.00. The van der Waals surface area contributed by atoms with E-state index in [1.165, 1.54) is 0 Å². The molecule has 3 heteroatoms. The van der Waals surface area contributed by atoms with Gasteiger partial charge in [-0.1, -0.05) is 6.92 Å². The lowest BCUT2D eigenvalue weighted by atomic mass is 10.1. The van der Waals surface area contributed by atoms with Crippen LogP contribution in [0.3, 0.4) is 0 Å². The molecule has 1 aromatic heterocycles. The summed E-state index contributed by atoms with van der Waals surface area (Å²) in [6, 6.07) is 2.41. The molecule has 0 aliphatic carbocycles. The lowest BCUT2D eigenvalue weighted by Crippen LogP contribution is -2.27. The quantitative estimate of drug-likeness (QED) is 0.757. The summed E-state index contributed by atoms with van der Waals surface area (Å²) in [6.45, 7) is 4.16. The fourth-order valence-electron chi connectivity index (χ4n) is 1.27. The molecule has 0 spiro atoms. The largest absolute Gasteiger partial charge is 0.317 e. The van der Waals surface area contributed by atoms with E-state index < -0.39 is 0 Å². The molecule has 0 fully saturated rings. The fourth-order valence-corrected chi connectivity index (χ4v) is 1.27. The molecular weight excluding hydrogens is 162 g/mol. The van der Waals surface area contributed by atoms with Gasteiger partial charge < -0.3 is 5.32 Å². The minimum atomic E-state index is 0.488. The minimum absolute atomic E-state index is 0.488. The normalized spacial score (nSPS) is 12.8. The molecule has 1 unspecified atom stereocenters. The first-order valence-corrected chi connectivity index (χ1v) is 4.72. The molecule has 13 heavy (non-hydrogen) atoms. The van der Waals surface area contributed by atoms with Crippen LogP contribution in [0.25, 0.3) is 0 Å². The van der Waals surface area contributed by atoms with Crippen molar-refractivity contribution >= 4 is 0 Å². The van der Waals surface area contributed by atoms with Crippen LogP contribution in [0.1, 0.15) is 24.9 Å². The van der Waals surface area contributed by atoms with Crippen LogP contribution in [-0.2, 0) is 6.42 Å². The minimum Gasteiger partial charge on any atom is -0.317 e. The lowest BCUT2D eigenvalue weighted by Gasteiger charge is -2.12. The van der Waals surface area contributed by atoms with Crippen LogP contribution in [0.5, 0.6) is 0 Å². The summed E-state index contributed by atoms with van der Waals surface area (Å²) >= 11 is 0. The molecule has 0 aromatic carbocycles. The van der Waals surface area contributed by atoms with E-state index in [4.69, 9.17) is 0 Å². The summed E-state index contributed by atoms with van der Waals surface area (Å²) < 4.78 is 0. The Bertz CT molecular complexity index is 256. The summed E-state index contributed by atoms with van der Waals surface area (Å²) in [5.41, 5.74) is 1.04. The van der Waals surface area contributed by atoms with Gasteiger partial charge in [0.25, 0.3) is 0 Å². The van der Waals surface area contributed by atoms with Gasteiger partial charge in [-0.05, 0) is 26.5 Å². The average molecular weight is 179 g/mol. The van der Waals surface area contributed by atoms with Crippen molar-refractivity contribution in [2.24, 2.45) is 0 Å².